The van der Waals surface area contributed by atoms with Crippen LogP contribution in [0.2, 0.25) is 0 Å². The van der Waals surface area contributed by atoms with E-state index in [1.807, 2.05) is 23.3 Å². The summed E-state index contributed by atoms with van der Waals surface area (Å²) in [5, 5.41) is 9.28. The highest BCUT2D eigenvalue weighted by Crippen LogP contribution is 2.26. The summed E-state index contributed by atoms with van der Waals surface area (Å²) in [7, 11) is 0. The Balaban J connectivity index is 1.80. The third-order valence-electron chi connectivity index (χ3n) is 3.85. The normalized spacial score (nSPS) is 14.7. The largest absolute Gasteiger partial charge is 0.334 e. The maximum absolute atomic E-state index is 12.6. The molecule has 1 aliphatic rings. The SMILES string of the molecule is Cc1[nH]nc2c1CN(C(=O)c1csc(C(C)C)c1)CC2. The molecule has 0 saturated carbocycles. The first kappa shape index (κ1) is 13.4. The van der Waals surface area contributed by atoms with Crippen molar-refractivity contribution in [2.45, 2.75) is 39.7 Å². The van der Waals surface area contributed by atoms with Gasteiger partial charge in [-0.25, -0.2) is 0 Å². The van der Waals surface area contributed by atoms with Crippen LogP contribution in [0.1, 0.15) is 52.0 Å². The van der Waals surface area contributed by atoms with Gasteiger partial charge in [-0.2, -0.15) is 5.10 Å². The summed E-state index contributed by atoms with van der Waals surface area (Å²) in [6.07, 6.45) is 0.840. The number of nitrogens with zero attached hydrogens (tertiary/aromatic N) is 2. The fourth-order valence-electron chi connectivity index (χ4n) is 2.55. The minimum absolute atomic E-state index is 0.138. The smallest absolute Gasteiger partial charge is 0.255 e. The minimum Gasteiger partial charge on any atom is -0.334 e. The number of H-pyrrole nitrogens is 1. The van der Waals surface area contributed by atoms with Crippen LogP contribution in [-0.2, 0) is 13.0 Å². The van der Waals surface area contributed by atoms with E-state index in [0.717, 1.165) is 29.9 Å². The van der Waals surface area contributed by atoms with Crippen LogP contribution in [-0.4, -0.2) is 27.5 Å². The quantitative estimate of drug-likeness (QED) is 0.923. The molecule has 4 nitrogen and oxygen atoms in total. The molecule has 3 heterocycles. The lowest BCUT2D eigenvalue weighted by Gasteiger charge is -2.26. The highest BCUT2D eigenvalue weighted by molar-refractivity contribution is 7.10. The zero-order valence-electron chi connectivity index (χ0n) is 12.1. The number of carbonyl (C=O) groups excluding carboxylic acids is 1. The third kappa shape index (κ3) is 2.26. The fraction of sp³-hybridized carbons (Fsp3) is 0.467. The van der Waals surface area contributed by atoms with Gasteiger partial charge in [0, 0.05) is 41.0 Å². The molecule has 0 aromatic carbocycles. The molecule has 0 bridgehead atoms. The molecular weight excluding hydrogens is 270 g/mol. The predicted octanol–water partition coefficient (Wildman–Crippen LogP) is 3.10. The second kappa shape index (κ2) is 5.05. The summed E-state index contributed by atoms with van der Waals surface area (Å²) in [5.41, 5.74) is 4.19. The molecule has 1 N–H and O–H groups in total. The standard InChI is InChI=1S/C15H19N3OS/c1-9(2)14-6-11(8-20-14)15(19)18-5-4-13-12(7-18)10(3)16-17-13/h6,8-9H,4-5,7H2,1-3H3,(H,16,17). The number of aryl methyl sites for hydroxylation is 1. The second-order valence-electron chi connectivity index (χ2n) is 5.64. The van der Waals surface area contributed by atoms with Crippen LogP contribution in [0, 0.1) is 6.92 Å². The highest BCUT2D eigenvalue weighted by atomic mass is 32.1. The van der Waals surface area contributed by atoms with Crippen molar-refractivity contribution >= 4 is 17.2 Å². The number of hydrogen-bond donors (Lipinski definition) is 1. The van der Waals surface area contributed by atoms with E-state index < -0.39 is 0 Å². The van der Waals surface area contributed by atoms with E-state index in [1.165, 1.54) is 10.4 Å². The molecule has 0 fully saturated rings. The number of thiophene rings is 1. The van der Waals surface area contributed by atoms with E-state index in [2.05, 4.69) is 24.0 Å². The number of aromatic amines is 1. The Morgan fingerprint density at radius 3 is 3.00 bits per heavy atom. The van der Waals surface area contributed by atoms with E-state index >= 15 is 0 Å². The minimum atomic E-state index is 0.138. The molecule has 0 atom stereocenters. The second-order valence-corrected chi connectivity index (χ2v) is 6.59. The topological polar surface area (TPSA) is 49.0 Å². The Labute approximate surface area is 122 Å². The van der Waals surface area contributed by atoms with Gasteiger partial charge in [-0.05, 0) is 18.9 Å². The van der Waals surface area contributed by atoms with Crippen molar-refractivity contribution in [1.29, 1.82) is 0 Å². The van der Waals surface area contributed by atoms with Gasteiger partial charge in [-0.1, -0.05) is 13.8 Å². The number of rotatable bonds is 2. The molecule has 2 aromatic rings. The fourth-order valence-corrected chi connectivity index (χ4v) is 3.45. The molecule has 0 radical (unpaired) electrons. The summed E-state index contributed by atoms with van der Waals surface area (Å²) >= 11 is 1.67. The van der Waals surface area contributed by atoms with E-state index in [4.69, 9.17) is 0 Å². The number of fused-ring (bicyclic) bond motifs is 1. The van der Waals surface area contributed by atoms with Crippen LogP contribution in [0.5, 0.6) is 0 Å². The van der Waals surface area contributed by atoms with Crippen molar-refractivity contribution in [2.75, 3.05) is 6.54 Å². The molecule has 0 aliphatic carbocycles. The monoisotopic (exact) mass is 289 g/mol. The Bertz CT molecular complexity index is 641. The Morgan fingerprint density at radius 2 is 2.30 bits per heavy atom. The van der Waals surface area contributed by atoms with Crippen molar-refractivity contribution in [3.05, 3.63) is 38.8 Å². The van der Waals surface area contributed by atoms with Crippen molar-refractivity contribution in [2.24, 2.45) is 0 Å². The van der Waals surface area contributed by atoms with E-state index in [1.54, 1.807) is 11.3 Å². The van der Waals surface area contributed by atoms with Gasteiger partial charge in [-0.15, -0.1) is 11.3 Å². The third-order valence-corrected chi connectivity index (χ3v) is 5.08. The summed E-state index contributed by atoms with van der Waals surface area (Å²) in [5.74, 6) is 0.616. The first-order valence-corrected chi connectivity index (χ1v) is 7.84. The Morgan fingerprint density at radius 1 is 1.50 bits per heavy atom. The van der Waals surface area contributed by atoms with Gasteiger partial charge in [0.1, 0.15) is 0 Å². The predicted molar refractivity (Wildman–Crippen MR) is 80.2 cm³/mol. The summed E-state index contributed by atoms with van der Waals surface area (Å²) < 4.78 is 0. The van der Waals surface area contributed by atoms with Crippen molar-refractivity contribution in [3.63, 3.8) is 0 Å². The van der Waals surface area contributed by atoms with Gasteiger partial charge < -0.3 is 4.90 Å². The zero-order chi connectivity index (χ0) is 14.3. The molecule has 106 valence electrons. The van der Waals surface area contributed by atoms with E-state index in [9.17, 15) is 4.79 Å². The van der Waals surface area contributed by atoms with Crippen molar-refractivity contribution < 1.29 is 4.79 Å². The number of carbonyl (C=O) groups is 1. The highest BCUT2D eigenvalue weighted by Gasteiger charge is 2.25. The Hall–Kier alpha value is -1.62. The lowest BCUT2D eigenvalue weighted by molar-refractivity contribution is 0.0734. The first-order chi connectivity index (χ1) is 9.56. The van der Waals surface area contributed by atoms with E-state index in [0.29, 0.717) is 12.5 Å². The van der Waals surface area contributed by atoms with Gasteiger partial charge in [0.2, 0.25) is 0 Å². The average molecular weight is 289 g/mol. The van der Waals surface area contributed by atoms with Crippen LogP contribution in [0.25, 0.3) is 0 Å². The van der Waals surface area contributed by atoms with Crippen molar-refractivity contribution in [1.82, 2.24) is 15.1 Å². The molecule has 2 aromatic heterocycles. The van der Waals surface area contributed by atoms with Crippen LogP contribution in [0.3, 0.4) is 0 Å². The van der Waals surface area contributed by atoms with Crippen LogP contribution < -0.4 is 0 Å². The first-order valence-electron chi connectivity index (χ1n) is 6.96. The molecule has 3 rings (SSSR count). The van der Waals surface area contributed by atoms with Crippen LogP contribution in [0.4, 0.5) is 0 Å². The lowest BCUT2D eigenvalue weighted by Crippen LogP contribution is -2.35. The molecule has 1 aliphatic heterocycles. The number of nitrogens with one attached hydrogen (secondary N) is 1. The van der Waals surface area contributed by atoms with Crippen LogP contribution in [0.15, 0.2) is 11.4 Å². The number of amides is 1. The summed E-state index contributed by atoms with van der Waals surface area (Å²) in [6, 6.07) is 2.04. The average Bonchev–Trinajstić information content (AvgIpc) is 3.05. The van der Waals surface area contributed by atoms with Gasteiger partial charge in [-0.3, -0.25) is 9.89 Å². The number of aromatic nitrogens is 2. The molecule has 0 unspecified atom stereocenters. The maximum Gasteiger partial charge on any atom is 0.255 e. The lowest BCUT2D eigenvalue weighted by atomic mass is 10.0. The Kier molecular flexibility index (Phi) is 3.38. The number of hydrogen-bond acceptors (Lipinski definition) is 3. The summed E-state index contributed by atoms with van der Waals surface area (Å²) in [4.78, 5) is 15.8. The van der Waals surface area contributed by atoms with E-state index in [-0.39, 0.29) is 5.91 Å². The molecule has 5 heteroatoms. The van der Waals surface area contributed by atoms with Gasteiger partial charge in [0.15, 0.2) is 0 Å². The molecule has 0 saturated heterocycles. The van der Waals surface area contributed by atoms with Crippen LogP contribution >= 0.6 is 11.3 Å². The molecule has 1 amide bonds. The van der Waals surface area contributed by atoms with Crippen molar-refractivity contribution in [3.8, 4) is 0 Å². The summed E-state index contributed by atoms with van der Waals surface area (Å²) in [6.45, 7) is 7.75. The van der Waals surface area contributed by atoms with Gasteiger partial charge in [0.05, 0.1) is 11.3 Å². The maximum atomic E-state index is 12.6. The van der Waals surface area contributed by atoms with Gasteiger partial charge >= 0.3 is 0 Å². The van der Waals surface area contributed by atoms with Gasteiger partial charge in [0.25, 0.3) is 5.91 Å². The molecule has 20 heavy (non-hydrogen) atoms. The molecule has 0 spiro atoms. The molecular formula is C15H19N3OS. The zero-order valence-corrected chi connectivity index (χ0v) is 12.9.